The highest BCUT2D eigenvalue weighted by molar-refractivity contribution is 5.79. The summed E-state index contributed by atoms with van der Waals surface area (Å²) in [5.74, 6) is 1.40. The van der Waals surface area contributed by atoms with Gasteiger partial charge in [0, 0.05) is 33.1 Å². The molecule has 2 amide bonds. The van der Waals surface area contributed by atoms with E-state index in [0.717, 1.165) is 0 Å². The van der Waals surface area contributed by atoms with Gasteiger partial charge in [0.05, 0.1) is 14.2 Å². The minimum Gasteiger partial charge on any atom is -0.493 e. The van der Waals surface area contributed by atoms with E-state index in [0.29, 0.717) is 43.4 Å². The Morgan fingerprint density at radius 1 is 1.00 bits per heavy atom. The van der Waals surface area contributed by atoms with E-state index < -0.39 is 0 Å². The molecule has 0 N–H and O–H groups in total. The fraction of sp³-hybridized carbons (Fsp3) is 0.500. The molecule has 1 aliphatic heterocycles. The number of ether oxygens (including phenoxy) is 3. The van der Waals surface area contributed by atoms with Crippen LogP contribution in [-0.2, 0) is 9.59 Å². The largest absolute Gasteiger partial charge is 0.493 e. The number of benzene rings is 1. The summed E-state index contributed by atoms with van der Waals surface area (Å²) < 4.78 is 16.0. The van der Waals surface area contributed by atoms with Gasteiger partial charge in [-0.15, -0.1) is 0 Å². The van der Waals surface area contributed by atoms with Crippen LogP contribution in [0.5, 0.6) is 17.2 Å². The number of carbonyl (C=O) groups excluding carboxylic acids is 2. The molecule has 0 atom stereocenters. The third kappa shape index (κ3) is 4.06. The summed E-state index contributed by atoms with van der Waals surface area (Å²) in [6.07, 6.45) is 0. The fourth-order valence-corrected chi connectivity index (χ4v) is 2.47. The van der Waals surface area contributed by atoms with Crippen LogP contribution in [0, 0.1) is 0 Å². The molecule has 1 fully saturated rings. The van der Waals surface area contributed by atoms with Gasteiger partial charge in [0.15, 0.2) is 18.1 Å². The van der Waals surface area contributed by atoms with E-state index in [1.807, 2.05) is 0 Å². The highest BCUT2D eigenvalue weighted by Crippen LogP contribution is 2.36. The number of hydrogen-bond acceptors (Lipinski definition) is 5. The molecule has 126 valence electrons. The number of para-hydroxylation sites is 1. The smallest absolute Gasteiger partial charge is 0.260 e. The number of amides is 2. The van der Waals surface area contributed by atoms with Gasteiger partial charge in [-0.25, -0.2) is 0 Å². The van der Waals surface area contributed by atoms with E-state index in [1.54, 1.807) is 35.1 Å². The predicted octanol–water partition coefficient (Wildman–Crippen LogP) is 0.773. The number of nitrogens with zero attached hydrogens (tertiary/aromatic N) is 2. The van der Waals surface area contributed by atoms with Crippen molar-refractivity contribution in [2.24, 2.45) is 0 Å². The molecule has 0 radical (unpaired) electrons. The van der Waals surface area contributed by atoms with Crippen LogP contribution in [-0.4, -0.2) is 68.6 Å². The summed E-state index contributed by atoms with van der Waals surface area (Å²) in [7, 11) is 3.06. The van der Waals surface area contributed by atoms with Crippen LogP contribution in [0.25, 0.3) is 0 Å². The van der Waals surface area contributed by atoms with Gasteiger partial charge in [-0.2, -0.15) is 0 Å². The van der Waals surface area contributed by atoms with E-state index in [1.165, 1.54) is 14.0 Å². The Morgan fingerprint density at radius 2 is 1.61 bits per heavy atom. The molecule has 0 unspecified atom stereocenters. The second-order valence-electron chi connectivity index (χ2n) is 5.17. The number of hydrogen-bond donors (Lipinski definition) is 0. The van der Waals surface area contributed by atoms with Gasteiger partial charge in [-0.1, -0.05) is 6.07 Å². The van der Waals surface area contributed by atoms with Crippen LogP contribution in [0.15, 0.2) is 18.2 Å². The first-order valence-electron chi connectivity index (χ1n) is 7.44. The Bertz CT molecular complexity index is 568. The lowest BCUT2D eigenvalue weighted by atomic mass is 10.3. The third-order valence-corrected chi connectivity index (χ3v) is 3.80. The molecule has 0 spiro atoms. The predicted molar refractivity (Wildman–Crippen MR) is 83.9 cm³/mol. The van der Waals surface area contributed by atoms with Crippen molar-refractivity contribution in [2.75, 3.05) is 47.0 Å². The van der Waals surface area contributed by atoms with E-state index in [-0.39, 0.29) is 18.4 Å². The number of methoxy groups -OCH3 is 2. The lowest BCUT2D eigenvalue weighted by molar-refractivity contribution is -0.139. The third-order valence-electron chi connectivity index (χ3n) is 3.80. The van der Waals surface area contributed by atoms with Crippen LogP contribution in [0.1, 0.15) is 6.92 Å². The van der Waals surface area contributed by atoms with Gasteiger partial charge in [-0.3, -0.25) is 9.59 Å². The SMILES string of the molecule is COc1cccc(OCC(=O)N2CCN(C(C)=O)CC2)c1OC. The standard InChI is InChI=1S/C16H22N2O5/c1-12(19)17-7-9-18(10-8-17)15(20)11-23-14-6-4-5-13(21-2)16(14)22-3/h4-6H,7-11H2,1-3H3. The first kappa shape index (κ1) is 16.9. The minimum atomic E-state index is -0.113. The Hall–Kier alpha value is -2.44. The molecular weight excluding hydrogens is 300 g/mol. The van der Waals surface area contributed by atoms with Crippen molar-refractivity contribution in [1.29, 1.82) is 0 Å². The average molecular weight is 322 g/mol. The van der Waals surface area contributed by atoms with Crippen molar-refractivity contribution in [3.63, 3.8) is 0 Å². The monoisotopic (exact) mass is 322 g/mol. The molecule has 1 aliphatic rings. The molecule has 7 nitrogen and oxygen atoms in total. The number of piperazine rings is 1. The van der Waals surface area contributed by atoms with E-state index in [9.17, 15) is 9.59 Å². The quantitative estimate of drug-likeness (QED) is 0.801. The molecule has 0 aliphatic carbocycles. The Balaban J connectivity index is 1.91. The van der Waals surface area contributed by atoms with Crippen LogP contribution >= 0.6 is 0 Å². The van der Waals surface area contributed by atoms with Crippen molar-refractivity contribution in [3.05, 3.63) is 18.2 Å². The first-order chi connectivity index (χ1) is 11.1. The Labute approximate surface area is 135 Å². The van der Waals surface area contributed by atoms with Gasteiger partial charge in [0.2, 0.25) is 11.7 Å². The lowest BCUT2D eigenvalue weighted by Crippen LogP contribution is -2.51. The summed E-state index contributed by atoms with van der Waals surface area (Å²) in [6, 6.07) is 5.25. The van der Waals surface area contributed by atoms with Gasteiger partial charge in [0.25, 0.3) is 5.91 Å². The number of rotatable bonds is 5. The van der Waals surface area contributed by atoms with Crippen LogP contribution in [0.4, 0.5) is 0 Å². The highest BCUT2D eigenvalue weighted by atomic mass is 16.5. The maximum atomic E-state index is 12.2. The van der Waals surface area contributed by atoms with Crippen LogP contribution < -0.4 is 14.2 Å². The molecule has 1 heterocycles. The zero-order chi connectivity index (χ0) is 16.8. The molecule has 0 aromatic heterocycles. The lowest BCUT2D eigenvalue weighted by Gasteiger charge is -2.34. The van der Waals surface area contributed by atoms with Gasteiger partial charge in [0.1, 0.15) is 0 Å². The molecule has 1 aromatic rings. The highest BCUT2D eigenvalue weighted by Gasteiger charge is 2.23. The second-order valence-corrected chi connectivity index (χ2v) is 5.17. The maximum Gasteiger partial charge on any atom is 0.260 e. The molecule has 0 bridgehead atoms. The van der Waals surface area contributed by atoms with Crippen molar-refractivity contribution in [2.45, 2.75) is 6.92 Å². The summed E-state index contributed by atoms with van der Waals surface area (Å²) in [6.45, 7) is 3.63. The zero-order valence-corrected chi connectivity index (χ0v) is 13.7. The zero-order valence-electron chi connectivity index (χ0n) is 13.7. The van der Waals surface area contributed by atoms with Crippen molar-refractivity contribution in [1.82, 2.24) is 9.80 Å². The minimum absolute atomic E-state index is 0.0365. The molecule has 2 rings (SSSR count). The molecule has 7 heteroatoms. The second kappa shape index (κ2) is 7.71. The summed E-state index contributed by atoms with van der Waals surface area (Å²) in [5, 5.41) is 0. The van der Waals surface area contributed by atoms with Crippen molar-refractivity contribution >= 4 is 11.8 Å². The molecule has 0 saturated carbocycles. The van der Waals surface area contributed by atoms with E-state index in [2.05, 4.69) is 0 Å². The summed E-state index contributed by atoms with van der Waals surface area (Å²) in [4.78, 5) is 26.9. The van der Waals surface area contributed by atoms with Gasteiger partial charge in [-0.05, 0) is 12.1 Å². The van der Waals surface area contributed by atoms with Gasteiger partial charge < -0.3 is 24.0 Å². The molecule has 1 saturated heterocycles. The summed E-state index contributed by atoms with van der Waals surface area (Å²) in [5.41, 5.74) is 0. The molecule has 1 aromatic carbocycles. The molecule has 23 heavy (non-hydrogen) atoms. The fourth-order valence-electron chi connectivity index (χ4n) is 2.47. The first-order valence-corrected chi connectivity index (χ1v) is 7.44. The Kier molecular flexibility index (Phi) is 5.67. The van der Waals surface area contributed by atoms with Gasteiger partial charge >= 0.3 is 0 Å². The average Bonchev–Trinajstić information content (AvgIpc) is 2.59. The maximum absolute atomic E-state index is 12.2. The van der Waals surface area contributed by atoms with Crippen LogP contribution in [0.2, 0.25) is 0 Å². The van der Waals surface area contributed by atoms with E-state index >= 15 is 0 Å². The molecular formula is C16H22N2O5. The summed E-state index contributed by atoms with van der Waals surface area (Å²) >= 11 is 0. The van der Waals surface area contributed by atoms with Crippen molar-refractivity contribution < 1.29 is 23.8 Å². The topological polar surface area (TPSA) is 68.3 Å². The normalized spacial score (nSPS) is 14.4. The van der Waals surface area contributed by atoms with E-state index in [4.69, 9.17) is 14.2 Å². The number of carbonyl (C=O) groups is 2. The Morgan fingerprint density at radius 3 is 2.17 bits per heavy atom. The van der Waals surface area contributed by atoms with Crippen molar-refractivity contribution in [3.8, 4) is 17.2 Å². The van der Waals surface area contributed by atoms with Crippen LogP contribution in [0.3, 0.4) is 0 Å².